The summed E-state index contributed by atoms with van der Waals surface area (Å²) in [5, 5.41) is 29.2. The van der Waals surface area contributed by atoms with Crippen molar-refractivity contribution in [1.82, 2.24) is 4.98 Å². The van der Waals surface area contributed by atoms with E-state index in [1.54, 1.807) is 12.1 Å². The van der Waals surface area contributed by atoms with Gasteiger partial charge in [0.15, 0.2) is 11.5 Å². The van der Waals surface area contributed by atoms with Crippen molar-refractivity contribution in [3.8, 4) is 17.4 Å². The van der Waals surface area contributed by atoms with Gasteiger partial charge in [-0.1, -0.05) is 6.07 Å². The lowest BCUT2D eigenvalue weighted by Crippen LogP contribution is -2.25. The maximum atomic E-state index is 10.1. The molecule has 1 aromatic carbocycles. The van der Waals surface area contributed by atoms with Gasteiger partial charge in [-0.3, -0.25) is 0 Å². The van der Waals surface area contributed by atoms with Gasteiger partial charge in [0.25, 0.3) is 0 Å². The summed E-state index contributed by atoms with van der Waals surface area (Å²) in [4.78, 5) is 3.74. The number of fused-ring (bicyclic) bond motifs is 1. The lowest BCUT2D eigenvalue weighted by atomic mass is 9.90. The molecule has 0 radical (unpaired) electrons. The third-order valence-corrected chi connectivity index (χ3v) is 3.72. The zero-order chi connectivity index (χ0) is 15.0. The molecule has 0 aliphatic carbocycles. The van der Waals surface area contributed by atoms with E-state index in [4.69, 9.17) is 10.5 Å². The van der Waals surface area contributed by atoms with Gasteiger partial charge in [0, 0.05) is 30.8 Å². The number of pyridine rings is 1. The van der Waals surface area contributed by atoms with Crippen molar-refractivity contribution in [3.05, 3.63) is 47.2 Å². The highest BCUT2D eigenvalue weighted by atomic mass is 16.5. The Morgan fingerprint density at radius 3 is 2.76 bits per heavy atom. The lowest BCUT2D eigenvalue weighted by Gasteiger charge is -2.32. The number of phenolic OH excluding ortho intramolecular Hbond substituents is 2. The van der Waals surface area contributed by atoms with E-state index >= 15 is 0 Å². The number of hydrogen-bond donors (Lipinski definition) is 4. The molecular formula is C15H16N2O4. The first-order chi connectivity index (χ1) is 10.1. The fourth-order valence-corrected chi connectivity index (χ4v) is 2.67. The van der Waals surface area contributed by atoms with Crippen molar-refractivity contribution < 1.29 is 20.1 Å². The summed E-state index contributed by atoms with van der Waals surface area (Å²) in [5.41, 5.74) is 7.89. The van der Waals surface area contributed by atoms with Crippen LogP contribution in [0, 0.1) is 0 Å². The Kier molecular flexibility index (Phi) is 3.40. The molecule has 1 aromatic heterocycles. The van der Waals surface area contributed by atoms with Crippen LogP contribution in [0.1, 0.15) is 28.9 Å². The van der Waals surface area contributed by atoms with Crippen molar-refractivity contribution in [2.45, 2.75) is 18.6 Å². The van der Waals surface area contributed by atoms with Gasteiger partial charge in [-0.15, -0.1) is 0 Å². The SMILES string of the molecule is NCC1OC(c2ccnc(O)c2)Cc2c1ccc(O)c2O. The number of aromatic hydroxyl groups is 3. The summed E-state index contributed by atoms with van der Waals surface area (Å²) in [6.07, 6.45) is 1.13. The minimum absolute atomic E-state index is 0.0914. The molecule has 6 nitrogen and oxygen atoms in total. The summed E-state index contributed by atoms with van der Waals surface area (Å²) in [5.74, 6) is -0.397. The Hall–Kier alpha value is -2.31. The molecule has 3 rings (SSSR count). The summed E-state index contributed by atoms with van der Waals surface area (Å²) in [7, 11) is 0. The van der Waals surface area contributed by atoms with Crippen molar-refractivity contribution in [2.75, 3.05) is 6.54 Å². The Bertz CT molecular complexity index is 675. The molecule has 21 heavy (non-hydrogen) atoms. The van der Waals surface area contributed by atoms with E-state index in [1.807, 2.05) is 0 Å². The molecule has 0 amide bonds. The van der Waals surface area contributed by atoms with Crippen LogP contribution in [-0.4, -0.2) is 26.8 Å². The molecule has 0 bridgehead atoms. The van der Waals surface area contributed by atoms with E-state index in [0.717, 1.165) is 11.1 Å². The number of aromatic nitrogens is 1. The first kappa shape index (κ1) is 13.7. The molecule has 0 saturated carbocycles. The third-order valence-electron chi connectivity index (χ3n) is 3.72. The zero-order valence-electron chi connectivity index (χ0n) is 11.2. The predicted molar refractivity (Wildman–Crippen MR) is 75.0 cm³/mol. The van der Waals surface area contributed by atoms with Gasteiger partial charge in [0.1, 0.15) is 0 Å². The Morgan fingerprint density at radius 2 is 2.05 bits per heavy atom. The van der Waals surface area contributed by atoms with E-state index in [0.29, 0.717) is 12.0 Å². The van der Waals surface area contributed by atoms with Crippen LogP contribution >= 0.6 is 0 Å². The van der Waals surface area contributed by atoms with Gasteiger partial charge in [0.2, 0.25) is 5.88 Å². The number of phenols is 2. The molecule has 110 valence electrons. The van der Waals surface area contributed by atoms with E-state index in [2.05, 4.69) is 4.98 Å². The first-order valence-electron chi connectivity index (χ1n) is 6.64. The van der Waals surface area contributed by atoms with Gasteiger partial charge >= 0.3 is 0 Å². The summed E-state index contributed by atoms with van der Waals surface area (Å²) >= 11 is 0. The summed E-state index contributed by atoms with van der Waals surface area (Å²) in [6.45, 7) is 0.255. The van der Waals surface area contributed by atoms with Crippen LogP contribution in [0.15, 0.2) is 30.5 Å². The smallest absolute Gasteiger partial charge is 0.211 e. The number of nitrogens with zero attached hydrogens (tertiary/aromatic N) is 1. The second-order valence-corrected chi connectivity index (χ2v) is 5.00. The van der Waals surface area contributed by atoms with Crippen LogP contribution in [0.25, 0.3) is 0 Å². The number of ether oxygens (including phenoxy) is 1. The van der Waals surface area contributed by atoms with Crippen molar-refractivity contribution >= 4 is 0 Å². The summed E-state index contributed by atoms with van der Waals surface area (Å²) < 4.78 is 5.94. The van der Waals surface area contributed by atoms with Gasteiger partial charge < -0.3 is 25.8 Å². The molecule has 2 heterocycles. The minimum Gasteiger partial charge on any atom is -0.504 e. The van der Waals surface area contributed by atoms with E-state index in [9.17, 15) is 15.3 Å². The fraction of sp³-hybridized carbons (Fsp3) is 0.267. The highest BCUT2D eigenvalue weighted by Gasteiger charge is 2.30. The maximum absolute atomic E-state index is 10.1. The summed E-state index contributed by atoms with van der Waals surface area (Å²) in [6, 6.07) is 6.40. The average Bonchev–Trinajstić information content (AvgIpc) is 2.50. The monoisotopic (exact) mass is 288 g/mol. The normalized spacial score (nSPS) is 21.0. The van der Waals surface area contributed by atoms with Crippen LogP contribution in [0.4, 0.5) is 0 Å². The fourth-order valence-electron chi connectivity index (χ4n) is 2.67. The molecule has 5 N–H and O–H groups in total. The quantitative estimate of drug-likeness (QED) is 0.624. The van der Waals surface area contributed by atoms with Gasteiger partial charge in [-0.25, -0.2) is 4.98 Å². The molecule has 0 saturated heterocycles. The van der Waals surface area contributed by atoms with Crippen LogP contribution in [0.2, 0.25) is 0 Å². The molecule has 1 aliphatic heterocycles. The maximum Gasteiger partial charge on any atom is 0.211 e. The molecule has 2 aromatic rings. The lowest BCUT2D eigenvalue weighted by molar-refractivity contribution is -0.0232. The average molecular weight is 288 g/mol. The second-order valence-electron chi connectivity index (χ2n) is 5.00. The van der Waals surface area contributed by atoms with Crippen molar-refractivity contribution in [3.63, 3.8) is 0 Å². The molecular weight excluding hydrogens is 272 g/mol. The molecule has 6 heteroatoms. The largest absolute Gasteiger partial charge is 0.504 e. The molecule has 0 spiro atoms. The van der Waals surface area contributed by atoms with Crippen molar-refractivity contribution in [2.24, 2.45) is 5.73 Å². The molecule has 2 unspecified atom stereocenters. The molecule has 0 fully saturated rings. The minimum atomic E-state index is -0.374. The highest BCUT2D eigenvalue weighted by molar-refractivity contribution is 5.51. The van der Waals surface area contributed by atoms with Crippen LogP contribution in [0.5, 0.6) is 17.4 Å². The van der Waals surface area contributed by atoms with Crippen LogP contribution in [-0.2, 0) is 11.2 Å². The van der Waals surface area contributed by atoms with E-state index in [-0.39, 0.29) is 36.1 Å². The molecule has 1 aliphatic rings. The topological polar surface area (TPSA) is 109 Å². The Morgan fingerprint density at radius 1 is 1.24 bits per heavy atom. The Labute approximate surface area is 121 Å². The number of benzene rings is 1. The molecule has 2 atom stereocenters. The highest BCUT2D eigenvalue weighted by Crippen LogP contribution is 2.43. The van der Waals surface area contributed by atoms with Crippen LogP contribution < -0.4 is 5.73 Å². The second kappa shape index (κ2) is 5.23. The standard InChI is InChI=1S/C15H16N2O4/c16-7-13-9-1-2-11(18)15(20)10(9)6-12(21-13)8-3-4-17-14(19)5-8/h1-5,12-13,18,20H,6-7,16H2,(H,17,19). The first-order valence-corrected chi connectivity index (χ1v) is 6.64. The predicted octanol–water partition coefficient (Wildman–Crippen LogP) is 1.51. The third kappa shape index (κ3) is 2.39. The number of nitrogens with two attached hydrogens (primary N) is 1. The number of rotatable bonds is 2. The van der Waals surface area contributed by atoms with E-state index in [1.165, 1.54) is 18.3 Å². The number of hydrogen-bond acceptors (Lipinski definition) is 6. The van der Waals surface area contributed by atoms with Gasteiger partial charge in [-0.2, -0.15) is 0 Å². The van der Waals surface area contributed by atoms with Gasteiger partial charge in [0.05, 0.1) is 12.2 Å². The zero-order valence-corrected chi connectivity index (χ0v) is 11.2. The van der Waals surface area contributed by atoms with E-state index < -0.39 is 0 Å². The van der Waals surface area contributed by atoms with Crippen LogP contribution in [0.3, 0.4) is 0 Å². The van der Waals surface area contributed by atoms with Crippen molar-refractivity contribution in [1.29, 1.82) is 0 Å². The Balaban J connectivity index is 2.03. The van der Waals surface area contributed by atoms with Gasteiger partial charge in [-0.05, 0) is 23.3 Å².